The van der Waals surface area contributed by atoms with Crippen molar-refractivity contribution in [1.29, 1.82) is 0 Å². The van der Waals surface area contributed by atoms with Crippen molar-refractivity contribution in [2.75, 3.05) is 19.0 Å². The molecule has 2 aromatic rings. The molecule has 1 aliphatic rings. The fourth-order valence-electron chi connectivity index (χ4n) is 3.78. The summed E-state index contributed by atoms with van der Waals surface area (Å²) >= 11 is 0. The molecule has 1 saturated heterocycles. The Balaban J connectivity index is 1.93. The normalized spacial score (nSPS) is 17.5. The standard InChI is InChI=1S/C22H27FN2O4S/c1-4-16-7-5-6-12-25(16)30(27,28)17-9-10-19(23)18(14-17)22(26)24-20-13-15(2)8-11-21(20)29-3/h8-11,13-14,16H,4-7,12H2,1-3H3,(H,24,26)/t16-/m1/s1. The minimum atomic E-state index is -3.83. The predicted molar refractivity (Wildman–Crippen MR) is 114 cm³/mol. The Labute approximate surface area is 177 Å². The number of amides is 1. The zero-order valence-corrected chi connectivity index (χ0v) is 18.3. The number of nitrogens with zero attached hydrogens (tertiary/aromatic N) is 1. The van der Waals surface area contributed by atoms with Crippen LogP contribution in [0.2, 0.25) is 0 Å². The van der Waals surface area contributed by atoms with Gasteiger partial charge in [-0.1, -0.05) is 19.4 Å². The van der Waals surface area contributed by atoms with Gasteiger partial charge in [0.1, 0.15) is 11.6 Å². The maximum absolute atomic E-state index is 14.5. The van der Waals surface area contributed by atoms with E-state index in [1.54, 1.807) is 12.1 Å². The van der Waals surface area contributed by atoms with Gasteiger partial charge in [-0.15, -0.1) is 0 Å². The average molecular weight is 435 g/mol. The van der Waals surface area contributed by atoms with E-state index >= 15 is 0 Å². The number of halogens is 1. The second kappa shape index (κ2) is 9.14. The second-order valence-electron chi connectivity index (χ2n) is 7.47. The smallest absolute Gasteiger partial charge is 0.258 e. The number of rotatable bonds is 6. The van der Waals surface area contributed by atoms with Gasteiger partial charge in [-0.3, -0.25) is 4.79 Å². The molecule has 30 heavy (non-hydrogen) atoms. The van der Waals surface area contributed by atoms with Gasteiger partial charge in [0.15, 0.2) is 0 Å². The van der Waals surface area contributed by atoms with Crippen molar-refractivity contribution >= 4 is 21.6 Å². The predicted octanol–water partition coefficient (Wildman–Crippen LogP) is 4.35. The Morgan fingerprint density at radius 2 is 2.00 bits per heavy atom. The third-order valence-corrected chi connectivity index (χ3v) is 7.38. The number of anilines is 1. The molecule has 0 spiro atoms. The number of hydrogen-bond donors (Lipinski definition) is 1. The maximum Gasteiger partial charge on any atom is 0.258 e. The lowest BCUT2D eigenvalue weighted by atomic mass is 10.0. The Kier molecular flexibility index (Phi) is 6.77. The summed E-state index contributed by atoms with van der Waals surface area (Å²) in [6, 6.07) is 8.51. The molecular weight excluding hydrogens is 407 g/mol. The fraction of sp³-hybridized carbons (Fsp3) is 0.409. The molecule has 8 heteroatoms. The minimum Gasteiger partial charge on any atom is -0.495 e. The van der Waals surface area contributed by atoms with Gasteiger partial charge in [0.05, 0.1) is 23.3 Å². The number of piperidine rings is 1. The van der Waals surface area contributed by atoms with Gasteiger partial charge >= 0.3 is 0 Å². The first-order valence-corrected chi connectivity index (χ1v) is 11.5. The van der Waals surface area contributed by atoms with Crippen molar-refractivity contribution in [1.82, 2.24) is 4.31 Å². The molecule has 1 N–H and O–H groups in total. The van der Waals surface area contributed by atoms with Crippen molar-refractivity contribution in [3.63, 3.8) is 0 Å². The van der Waals surface area contributed by atoms with Gasteiger partial charge in [-0.2, -0.15) is 4.31 Å². The van der Waals surface area contributed by atoms with E-state index in [0.717, 1.165) is 37.0 Å². The van der Waals surface area contributed by atoms with Gasteiger partial charge in [0.25, 0.3) is 5.91 Å². The quantitative estimate of drug-likeness (QED) is 0.734. The summed E-state index contributed by atoms with van der Waals surface area (Å²) in [4.78, 5) is 12.7. The van der Waals surface area contributed by atoms with Crippen LogP contribution in [0.4, 0.5) is 10.1 Å². The first-order chi connectivity index (χ1) is 14.3. The van der Waals surface area contributed by atoms with E-state index in [2.05, 4.69) is 5.32 Å². The van der Waals surface area contributed by atoms with Crippen LogP contribution >= 0.6 is 0 Å². The highest BCUT2D eigenvalue weighted by Gasteiger charge is 2.33. The molecule has 162 valence electrons. The van der Waals surface area contributed by atoms with E-state index in [-0.39, 0.29) is 16.5 Å². The number of methoxy groups -OCH3 is 1. The van der Waals surface area contributed by atoms with Crippen LogP contribution in [0.1, 0.15) is 48.5 Å². The van der Waals surface area contributed by atoms with Gasteiger partial charge < -0.3 is 10.1 Å². The van der Waals surface area contributed by atoms with E-state index in [0.29, 0.717) is 24.4 Å². The molecule has 1 amide bonds. The minimum absolute atomic E-state index is 0.0781. The van der Waals surface area contributed by atoms with Crippen molar-refractivity contribution in [3.05, 3.63) is 53.3 Å². The third-order valence-electron chi connectivity index (χ3n) is 5.44. The summed E-state index contributed by atoms with van der Waals surface area (Å²) in [6.07, 6.45) is 3.29. The van der Waals surface area contributed by atoms with E-state index in [1.165, 1.54) is 17.5 Å². The topological polar surface area (TPSA) is 75.7 Å². The molecule has 6 nitrogen and oxygen atoms in total. The van der Waals surface area contributed by atoms with Crippen LogP contribution in [0.3, 0.4) is 0 Å². The molecule has 0 unspecified atom stereocenters. The highest BCUT2D eigenvalue weighted by molar-refractivity contribution is 7.89. The van der Waals surface area contributed by atoms with Crippen LogP contribution < -0.4 is 10.1 Å². The van der Waals surface area contributed by atoms with Crippen molar-refractivity contribution in [3.8, 4) is 5.75 Å². The zero-order valence-electron chi connectivity index (χ0n) is 17.4. The Bertz CT molecular complexity index is 1040. The van der Waals surface area contributed by atoms with E-state index in [4.69, 9.17) is 4.74 Å². The van der Waals surface area contributed by atoms with Gasteiger partial charge in [0.2, 0.25) is 10.0 Å². The summed E-state index contributed by atoms with van der Waals surface area (Å²) in [7, 11) is -2.36. The number of carbonyl (C=O) groups is 1. The van der Waals surface area contributed by atoms with Crippen LogP contribution in [0.15, 0.2) is 41.3 Å². The number of aryl methyl sites for hydroxylation is 1. The largest absolute Gasteiger partial charge is 0.495 e. The lowest BCUT2D eigenvalue weighted by Gasteiger charge is -2.34. The van der Waals surface area contributed by atoms with Gasteiger partial charge in [-0.05, 0) is 62.1 Å². The molecule has 0 bridgehead atoms. The summed E-state index contributed by atoms with van der Waals surface area (Å²) in [6.45, 7) is 4.24. The number of ether oxygens (including phenoxy) is 1. The van der Waals surface area contributed by atoms with Gasteiger partial charge in [0, 0.05) is 12.6 Å². The van der Waals surface area contributed by atoms with Crippen LogP contribution in [0, 0.1) is 12.7 Å². The number of benzene rings is 2. The SMILES string of the molecule is CC[C@@H]1CCCCN1S(=O)(=O)c1ccc(F)c(C(=O)Nc2cc(C)ccc2OC)c1. The molecule has 1 heterocycles. The summed E-state index contributed by atoms with van der Waals surface area (Å²) in [5.41, 5.74) is 0.945. The van der Waals surface area contributed by atoms with Gasteiger partial charge in [-0.25, -0.2) is 12.8 Å². The first kappa shape index (κ1) is 22.2. The second-order valence-corrected chi connectivity index (χ2v) is 9.36. The molecule has 1 fully saturated rings. The first-order valence-electron chi connectivity index (χ1n) is 10.0. The van der Waals surface area contributed by atoms with Crippen LogP contribution in [-0.2, 0) is 10.0 Å². The summed E-state index contributed by atoms with van der Waals surface area (Å²) in [5, 5.41) is 2.63. The van der Waals surface area contributed by atoms with Crippen molar-refractivity contribution < 1.29 is 22.3 Å². The molecule has 1 atom stereocenters. The summed E-state index contributed by atoms with van der Waals surface area (Å²) < 4.78 is 47.6. The monoisotopic (exact) mass is 434 g/mol. The molecule has 0 aromatic heterocycles. The lowest BCUT2D eigenvalue weighted by molar-refractivity contribution is 0.102. The molecule has 0 radical (unpaired) electrons. The van der Waals surface area contributed by atoms with Crippen LogP contribution in [0.25, 0.3) is 0 Å². The van der Waals surface area contributed by atoms with Crippen LogP contribution in [0.5, 0.6) is 5.75 Å². The lowest BCUT2D eigenvalue weighted by Crippen LogP contribution is -2.43. The number of carbonyl (C=O) groups excluding carboxylic acids is 1. The molecule has 3 rings (SSSR count). The van der Waals surface area contributed by atoms with Crippen molar-refractivity contribution in [2.45, 2.75) is 50.5 Å². The highest BCUT2D eigenvalue weighted by Crippen LogP contribution is 2.29. The van der Waals surface area contributed by atoms with E-state index in [9.17, 15) is 17.6 Å². The number of hydrogen-bond acceptors (Lipinski definition) is 4. The molecular formula is C22H27FN2O4S. The molecule has 1 aliphatic heterocycles. The maximum atomic E-state index is 14.5. The molecule has 0 saturated carbocycles. The molecule has 0 aliphatic carbocycles. The Hall–Kier alpha value is -2.45. The zero-order chi connectivity index (χ0) is 21.9. The number of sulfonamides is 1. The molecule has 2 aromatic carbocycles. The van der Waals surface area contributed by atoms with E-state index < -0.39 is 21.7 Å². The fourth-order valence-corrected chi connectivity index (χ4v) is 5.58. The Morgan fingerprint density at radius 1 is 1.23 bits per heavy atom. The number of nitrogens with one attached hydrogen (secondary N) is 1. The van der Waals surface area contributed by atoms with E-state index in [1.807, 2.05) is 19.9 Å². The van der Waals surface area contributed by atoms with Crippen molar-refractivity contribution in [2.24, 2.45) is 0 Å². The average Bonchev–Trinajstić information content (AvgIpc) is 2.74. The highest BCUT2D eigenvalue weighted by atomic mass is 32.2. The third kappa shape index (κ3) is 4.49. The summed E-state index contributed by atoms with van der Waals surface area (Å²) in [5.74, 6) is -1.10. The Morgan fingerprint density at radius 3 is 2.70 bits per heavy atom. The van der Waals surface area contributed by atoms with Crippen LogP contribution in [-0.4, -0.2) is 38.3 Å².